The van der Waals surface area contributed by atoms with Crippen LogP contribution in [-0.4, -0.2) is 31.9 Å². The Morgan fingerprint density at radius 3 is 2.25 bits per heavy atom. The molecular weight excluding hydrogens is 187 g/mol. The molecule has 0 spiro atoms. The van der Waals surface area contributed by atoms with Gasteiger partial charge >= 0.3 is 13.8 Å². The fourth-order valence-electron chi connectivity index (χ4n) is 0.425. The molecule has 6 nitrogen and oxygen atoms in total. The lowest BCUT2D eigenvalue weighted by Gasteiger charge is -2.11. The number of hydrogen-bond donors (Lipinski definition) is 1. The van der Waals surface area contributed by atoms with Crippen LogP contribution in [0, 0.1) is 0 Å². The summed E-state index contributed by atoms with van der Waals surface area (Å²) >= 11 is 0. The van der Waals surface area contributed by atoms with Gasteiger partial charge in [0.25, 0.3) is 0 Å². The lowest BCUT2D eigenvalue weighted by Crippen LogP contribution is -2.03. The normalized spacial score (nSPS) is 11.5. The summed E-state index contributed by atoms with van der Waals surface area (Å²) in [6.07, 6.45) is -0.239. The smallest absolute Gasteiger partial charge is 0.474 e. The predicted molar refractivity (Wildman–Crippen MR) is 39.8 cm³/mol. The van der Waals surface area contributed by atoms with Gasteiger partial charge in [0.05, 0.1) is 13.0 Å². The number of hydrogen-bond acceptors (Lipinski definition) is 5. The van der Waals surface area contributed by atoms with E-state index in [2.05, 4.69) is 13.6 Å². The van der Waals surface area contributed by atoms with Gasteiger partial charge in [-0.2, -0.15) is 0 Å². The molecule has 0 heterocycles. The Kier molecular flexibility index (Phi) is 5.08. The molecule has 0 fully saturated rings. The molecule has 0 bridgehead atoms. The van der Waals surface area contributed by atoms with Crippen molar-refractivity contribution in [3.63, 3.8) is 0 Å². The number of carbonyl (C=O) groups is 1. The number of carboxylic acids is 1. The molecule has 0 radical (unpaired) electrons. The highest BCUT2D eigenvalue weighted by Crippen LogP contribution is 2.47. The van der Waals surface area contributed by atoms with Gasteiger partial charge < -0.3 is 5.11 Å². The highest BCUT2D eigenvalue weighted by molar-refractivity contribution is 7.48. The van der Waals surface area contributed by atoms with E-state index >= 15 is 0 Å². The maximum Gasteiger partial charge on any atom is 0.474 e. The molecule has 0 aliphatic heterocycles. The zero-order valence-corrected chi connectivity index (χ0v) is 7.74. The zero-order valence-electron chi connectivity index (χ0n) is 6.85. The summed E-state index contributed by atoms with van der Waals surface area (Å²) in [6, 6.07) is 0. The molecule has 0 aromatic carbocycles. The van der Waals surface area contributed by atoms with Crippen molar-refractivity contribution in [2.45, 2.75) is 6.42 Å². The minimum Gasteiger partial charge on any atom is -0.481 e. The van der Waals surface area contributed by atoms with E-state index < -0.39 is 13.8 Å². The average Bonchev–Trinajstić information content (AvgIpc) is 2.03. The van der Waals surface area contributed by atoms with Crippen molar-refractivity contribution in [1.29, 1.82) is 0 Å². The van der Waals surface area contributed by atoms with Crippen LogP contribution in [0.2, 0.25) is 0 Å². The number of carboxylic acid groups (broad SMARTS) is 1. The van der Waals surface area contributed by atoms with Crippen LogP contribution in [0.25, 0.3) is 0 Å². The summed E-state index contributed by atoms with van der Waals surface area (Å²) in [5.41, 5.74) is 0. The van der Waals surface area contributed by atoms with Gasteiger partial charge in [0.2, 0.25) is 0 Å². The fraction of sp³-hybridized carbons (Fsp3) is 0.800. The van der Waals surface area contributed by atoms with Crippen molar-refractivity contribution < 1.29 is 28.0 Å². The fourth-order valence-corrected chi connectivity index (χ4v) is 1.10. The second-order valence-corrected chi connectivity index (χ2v) is 3.67. The number of rotatable bonds is 6. The van der Waals surface area contributed by atoms with E-state index in [0.29, 0.717) is 0 Å². The van der Waals surface area contributed by atoms with E-state index in [-0.39, 0.29) is 13.0 Å². The summed E-state index contributed by atoms with van der Waals surface area (Å²) < 4.78 is 24.4. The molecule has 0 unspecified atom stereocenters. The van der Waals surface area contributed by atoms with Gasteiger partial charge in [-0.3, -0.25) is 18.4 Å². The number of aliphatic carboxylic acids is 1. The predicted octanol–water partition coefficient (Wildman–Crippen LogP) is 0.879. The summed E-state index contributed by atoms with van der Waals surface area (Å²) in [4.78, 5) is 10.0. The third kappa shape index (κ3) is 4.46. The standard InChI is InChI=1S/C5H11O6P/c1-9-12(8,10-2)11-4-3-5(6)7/h3-4H2,1-2H3,(H,6,7). The second-order valence-electron chi connectivity index (χ2n) is 1.79. The summed E-state index contributed by atoms with van der Waals surface area (Å²) in [6.45, 7) is -0.200. The second kappa shape index (κ2) is 5.27. The van der Waals surface area contributed by atoms with Crippen LogP contribution in [0.3, 0.4) is 0 Å². The Balaban J connectivity index is 3.74. The van der Waals surface area contributed by atoms with E-state index in [4.69, 9.17) is 5.11 Å². The first-order chi connectivity index (χ1) is 5.54. The van der Waals surface area contributed by atoms with Gasteiger partial charge in [-0.25, -0.2) is 4.57 Å². The monoisotopic (exact) mass is 198 g/mol. The van der Waals surface area contributed by atoms with Crippen molar-refractivity contribution in [2.75, 3.05) is 20.8 Å². The molecule has 0 aliphatic rings. The van der Waals surface area contributed by atoms with Crippen LogP contribution < -0.4 is 0 Å². The van der Waals surface area contributed by atoms with Gasteiger partial charge in [-0.15, -0.1) is 0 Å². The first kappa shape index (κ1) is 11.6. The Morgan fingerprint density at radius 2 is 1.92 bits per heavy atom. The molecule has 12 heavy (non-hydrogen) atoms. The largest absolute Gasteiger partial charge is 0.481 e. The maximum absolute atomic E-state index is 11.1. The molecule has 0 saturated carbocycles. The molecular formula is C5H11O6P. The Morgan fingerprint density at radius 1 is 1.42 bits per heavy atom. The van der Waals surface area contributed by atoms with Gasteiger partial charge in [0.15, 0.2) is 0 Å². The van der Waals surface area contributed by atoms with E-state index in [1.807, 2.05) is 0 Å². The molecule has 72 valence electrons. The Labute approximate surface area is 70.0 Å². The highest BCUT2D eigenvalue weighted by Gasteiger charge is 2.22. The van der Waals surface area contributed by atoms with E-state index in [1.165, 1.54) is 0 Å². The third-order valence-electron chi connectivity index (χ3n) is 1.01. The van der Waals surface area contributed by atoms with Crippen LogP contribution in [-0.2, 0) is 22.9 Å². The van der Waals surface area contributed by atoms with Gasteiger partial charge in [0, 0.05) is 14.2 Å². The third-order valence-corrected chi connectivity index (χ3v) is 2.41. The molecule has 0 saturated heterocycles. The SMILES string of the molecule is COP(=O)(OC)OCCC(=O)O. The molecule has 0 aliphatic carbocycles. The van der Waals surface area contributed by atoms with E-state index in [1.54, 1.807) is 0 Å². The molecule has 1 N–H and O–H groups in total. The first-order valence-electron chi connectivity index (χ1n) is 3.12. The Hall–Kier alpha value is -0.420. The topological polar surface area (TPSA) is 82.1 Å². The van der Waals surface area contributed by atoms with Crippen molar-refractivity contribution in [2.24, 2.45) is 0 Å². The lowest BCUT2D eigenvalue weighted by atomic mass is 10.5. The van der Waals surface area contributed by atoms with Crippen molar-refractivity contribution >= 4 is 13.8 Å². The molecule has 7 heteroatoms. The van der Waals surface area contributed by atoms with E-state index in [9.17, 15) is 9.36 Å². The van der Waals surface area contributed by atoms with Crippen LogP contribution in [0.5, 0.6) is 0 Å². The lowest BCUT2D eigenvalue weighted by molar-refractivity contribution is -0.137. The molecule has 0 rings (SSSR count). The minimum atomic E-state index is -3.50. The Bertz CT molecular complexity index is 182. The maximum atomic E-state index is 11.1. The molecule has 0 aromatic heterocycles. The van der Waals surface area contributed by atoms with Crippen molar-refractivity contribution in [1.82, 2.24) is 0 Å². The first-order valence-corrected chi connectivity index (χ1v) is 4.58. The average molecular weight is 198 g/mol. The highest BCUT2D eigenvalue weighted by atomic mass is 31.2. The summed E-state index contributed by atoms with van der Waals surface area (Å²) in [5.74, 6) is -1.03. The molecule has 0 aromatic rings. The van der Waals surface area contributed by atoms with E-state index in [0.717, 1.165) is 14.2 Å². The minimum absolute atomic E-state index is 0.200. The van der Waals surface area contributed by atoms with Crippen molar-refractivity contribution in [3.8, 4) is 0 Å². The number of phosphoric ester groups is 1. The van der Waals surface area contributed by atoms with Gasteiger partial charge in [-0.1, -0.05) is 0 Å². The summed E-state index contributed by atoms with van der Waals surface area (Å²) in [5, 5.41) is 8.20. The van der Waals surface area contributed by atoms with Gasteiger partial charge in [-0.05, 0) is 0 Å². The number of phosphoric acid groups is 1. The quantitative estimate of drug-likeness (QED) is 0.638. The van der Waals surface area contributed by atoms with Crippen LogP contribution >= 0.6 is 7.82 Å². The van der Waals surface area contributed by atoms with Crippen LogP contribution in [0.4, 0.5) is 0 Å². The van der Waals surface area contributed by atoms with Crippen LogP contribution in [0.15, 0.2) is 0 Å². The van der Waals surface area contributed by atoms with Crippen molar-refractivity contribution in [3.05, 3.63) is 0 Å². The molecule has 0 amide bonds. The van der Waals surface area contributed by atoms with Gasteiger partial charge in [0.1, 0.15) is 0 Å². The molecule has 0 atom stereocenters. The zero-order chi connectivity index (χ0) is 9.61. The van der Waals surface area contributed by atoms with Crippen LogP contribution in [0.1, 0.15) is 6.42 Å². The summed E-state index contributed by atoms with van der Waals surface area (Å²) in [7, 11) is -1.19.